The summed E-state index contributed by atoms with van der Waals surface area (Å²) in [4.78, 5) is 23.2. The van der Waals surface area contributed by atoms with Crippen molar-refractivity contribution in [1.29, 1.82) is 0 Å². The van der Waals surface area contributed by atoms with Gasteiger partial charge in [-0.15, -0.1) is 0 Å². The summed E-state index contributed by atoms with van der Waals surface area (Å²) in [6, 6.07) is 0. The van der Waals surface area contributed by atoms with Crippen LogP contribution in [0, 0.1) is 0 Å². The third-order valence-corrected chi connectivity index (χ3v) is 4.39. The highest BCUT2D eigenvalue weighted by molar-refractivity contribution is 5.83. The number of esters is 2. The Morgan fingerprint density at radius 2 is 1.04 bits per heavy atom. The van der Waals surface area contributed by atoms with Crippen LogP contribution in [-0.2, 0) is 19.1 Å². The van der Waals surface area contributed by atoms with E-state index in [0.717, 1.165) is 12.8 Å². The van der Waals surface area contributed by atoms with Crippen molar-refractivity contribution in [3.05, 3.63) is 24.3 Å². The minimum atomic E-state index is -0.805. The lowest BCUT2D eigenvalue weighted by Gasteiger charge is -2.16. The molecule has 0 bridgehead atoms. The Morgan fingerprint density at radius 1 is 0.667 bits per heavy atom. The molecular formula is C23H40O4. The summed E-state index contributed by atoms with van der Waals surface area (Å²) in [7, 11) is 0. The molecule has 0 saturated carbocycles. The number of carbonyl (C=O) groups is 2. The fourth-order valence-electron chi connectivity index (χ4n) is 2.90. The fourth-order valence-corrected chi connectivity index (χ4v) is 2.90. The number of allylic oxidation sites excluding steroid dienone is 2. The Balaban J connectivity index is 3.82. The zero-order valence-electron chi connectivity index (χ0n) is 17.7. The van der Waals surface area contributed by atoms with Gasteiger partial charge in [0.25, 0.3) is 0 Å². The maximum Gasteiger partial charge on any atom is 0.333 e. The minimum absolute atomic E-state index is 0.477. The number of unbranched alkanes of at least 4 members (excludes halogenated alkanes) is 11. The second kappa shape index (κ2) is 19.2. The summed E-state index contributed by atoms with van der Waals surface area (Å²) in [6.45, 7) is 5.74. The molecule has 0 unspecified atom stereocenters. The molecule has 27 heavy (non-hydrogen) atoms. The third kappa shape index (κ3) is 17.6. The standard InChI is InChI=1S/C23H40O4/c1-4-7-8-9-10-11-12-13-14-15-16-17-20-23(26-21(24)18-5-2)27-22(25)19-6-3/h5-6,18-19,23H,4,7-17,20H2,1-3H3. The number of hydrogen-bond acceptors (Lipinski definition) is 4. The van der Waals surface area contributed by atoms with Crippen molar-refractivity contribution in [3.8, 4) is 0 Å². The molecule has 0 aromatic heterocycles. The van der Waals surface area contributed by atoms with Gasteiger partial charge in [-0.25, -0.2) is 9.59 Å². The molecule has 0 fully saturated rings. The van der Waals surface area contributed by atoms with E-state index in [0.29, 0.717) is 6.42 Å². The lowest BCUT2D eigenvalue weighted by atomic mass is 10.0. The van der Waals surface area contributed by atoms with Crippen molar-refractivity contribution in [2.45, 2.75) is 111 Å². The number of carbonyl (C=O) groups excluding carboxylic acids is 2. The van der Waals surface area contributed by atoms with E-state index in [1.807, 2.05) is 0 Å². The second-order valence-electron chi connectivity index (χ2n) is 6.98. The molecule has 0 aromatic carbocycles. The Hall–Kier alpha value is -1.58. The average molecular weight is 381 g/mol. The topological polar surface area (TPSA) is 52.6 Å². The highest BCUT2D eigenvalue weighted by Gasteiger charge is 2.16. The summed E-state index contributed by atoms with van der Waals surface area (Å²) in [5.74, 6) is -0.954. The van der Waals surface area contributed by atoms with Crippen molar-refractivity contribution in [2.75, 3.05) is 0 Å². The molecule has 0 saturated heterocycles. The van der Waals surface area contributed by atoms with Gasteiger partial charge in [-0.3, -0.25) is 0 Å². The molecule has 4 heteroatoms. The SMILES string of the molecule is CC=CC(=O)OC(CCCCCCCCCCCCCC)OC(=O)C=CC. The maximum absolute atomic E-state index is 11.6. The highest BCUT2D eigenvalue weighted by Crippen LogP contribution is 2.14. The van der Waals surface area contributed by atoms with Crippen molar-refractivity contribution >= 4 is 11.9 Å². The fraction of sp³-hybridized carbons (Fsp3) is 0.739. The molecule has 0 aliphatic carbocycles. The van der Waals surface area contributed by atoms with Crippen molar-refractivity contribution in [1.82, 2.24) is 0 Å². The van der Waals surface area contributed by atoms with E-state index < -0.39 is 18.2 Å². The van der Waals surface area contributed by atoms with Crippen molar-refractivity contribution < 1.29 is 19.1 Å². The summed E-state index contributed by atoms with van der Waals surface area (Å²) >= 11 is 0. The Bertz CT molecular complexity index is 400. The van der Waals surface area contributed by atoms with Crippen molar-refractivity contribution in [2.24, 2.45) is 0 Å². The zero-order chi connectivity index (χ0) is 20.2. The van der Waals surface area contributed by atoms with Crippen LogP contribution in [-0.4, -0.2) is 18.2 Å². The maximum atomic E-state index is 11.6. The Morgan fingerprint density at radius 3 is 1.41 bits per heavy atom. The smallest absolute Gasteiger partial charge is 0.333 e. The predicted octanol–water partition coefficient (Wildman–Crippen LogP) is 6.64. The van der Waals surface area contributed by atoms with Gasteiger partial charge in [-0.1, -0.05) is 89.7 Å². The van der Waals surface area contributed by atoms with E-state index in [1.54, 1.807) is 26.0 Å². The van der Waals surface area contributed by atoms with E-state index in [4.69, 9.17) is 9.47 Å². The van der Waals surface area contributed by atoms with Gasteiger partial charge in [-0.2, -0.15) is 0 Å². The lowest BCUT2D eigenvalue weighted by molar-refractivity contribution is -0.182. The molecule has 0 N–H and O–H groups in total. The van der Waals surface area contributed by atoms with Gasteiger partial charge in [0.15, 0.2) is 0 Å². The van der Waals surface area contributed by atoms with Crippen LogP contribution in [0.25, 0.3) is 0 Å². The van der Waals surface area contributed by atoms with Gasteiger partial charge in [0.2, 0.25) is 6.29 Å². The quantitative estimate of drug-likeness (QED) is 0.123. The summed E-state index contributed by atoms with van der Waals surface area (Å²) in [5, 5.41) is 0. The van der Waals surface area contributed by atoms with Gasteiger partial charge in [0, 0.05) is 18.6 Å². The van der Waals surface area contributed by atoms with Gasteiger partial charge >= 0.3 is 11.9 Å². The molecule has 4 nitrogen and oxygen atoms in total. The molecule has 0 aromatic rings. The summed E-state index contributed by atoms with van der Waals surface area (Å²) in [5.41, 5.74) is 0. The van der Waals surface area contributed by atoms with Crippen molar-refractivity contribution in [3.63, 3.8) is 0 Å². The summed E-state index contributed by atoms with van der Waals surface area (Å²) < 4.78 is 10.4. The van der Waals surface area contributed by atoms with Gasteiger partial charge in [-0.05, 0) is 20.3 Å². The molecule has 156 valence electrons. The first-order valence-corrected chi connectivity index (χ1v) is 10.8. The molecular weight excluding hydrogens is 340 g/mol. The first kappa shape index (κ1) is 25.4. The number of rotatable bonds is 17. The van der Waals surface area contributed by atoms with E-state index >= 15 is 0 Å². The largest absolute Gasteiger partial charge is 0.422 e. The van der Waals surface area contributed by atoms with E-state index in [1.165, 1.54) is 76.4 Å². The molecule has 0 aliphatic rings. The van der Waals surface area contributed by atoms with Crippen LogP contribution >= 0.6 is 0 Å². The molecule has 0 rings (SSSR count). The zero-order valence-corrected chi connectivity index (χ0v) is 17.7. The third-order valence-electron chi connectivity index (χ3n) is 4.39. The van der Waals surface area contributed by atoms with Crippen LogP contribution < -0.4 is 0 Å². The monoisotopic (exact) mass is 380 g/mol. The number of ether oxygens (including phenoxy) is 2. The van der Waals surface area contributed by atoms with E-state index in [-0.39, 0.29) is 0 Å². The summed E-state index contributed by atoms with van der Waals surface area (Å²) in [6.07, 6.45) is 20.8. The van der Waals surface area contributed by atoms with Crippen LogP contribution in [0.3, 0.4) is 0 Å². The van der Waals surface area contributed by atoms with E-state index in [9.17, 15) is 9.59 Å². The molecule has 0 amide bonds. The molecule has 0 aliphatic heterocycles. The average Bonchev–Trinajstić information content (AvgIpc) is 2.62. The lowest BCUT2D eigenvalue weighted by Crippen LogP contribution is -2.23. The Labute approximate surface area is 166 Å². The van der Waals surface area contributed by atoms with Gasteiger partial charge < -0.3 is 9.47 Å². The minimum Gasteiger partial charge on any atom is -0.422 e. The molecule has 0 atom stereocenters. The van der Waals surface area contributed by atoms with Gasteiger partial charge in [0.1, 0.15) is 0 Å². The predicted molar refractivity (Wildman–Crippen MR) is 111 cm³/mol. The number of hydrogen-bond donors (Lipinski definition) is 0. The van der Waals surface area contributed by atoms with Crippen LogP contribution in [0.1, 0.15) is 104 Å². The normalized spacial score (nSPS) is 12.6. The van der Waals surface area contributed by atoms with Crippen LogP contribution in [0.4, 0.5) is 0 Å². The van der Waals surface area contributed by atoms with Crippen LogP contribution in [0.15, 0.2) is 24.3 Å². The van der Waals surface area contributed by atoms with Gasteiger partial charge in [0.05, 0.1) is 0 Å². The first-order valence-electron chi connectivity index (χ1n) is 10.8. The molecule has 0 spiro atoms. The first-order chi connectivity index (χ1) is 13.1. The van der Waals surface area contributed by atoms with E-state index in [2.05, 4.69) is 6.92 Å². The molecule has 0 heterocycles. The van der Waals surface area contributed by atoms with Crippen LogP contribution in [0.2, 0.25) is 0 Å². The second-order valence-corrected chi connectivity index (χ2v) is 6.98. The molecule has 0 radical (unpaired) electrons. The Kier molecular flexibility index (Phi) is 18.1. The van der Waals surface area contributed by atoms with Crippen LogP contribution in [0.5, 0.6) is 0 Å². The highest BCUT2D eigenvalue weighted by atomic mass is 16.7.